The molecule has 0 fully saturated rings. The SMILES string of the molecule is CSC(=C(SSC(=C(SC)c1ccccc1)c1ccccc1)c1ccccc1)c1ccccc1. The molecule has 0 aromatic heterocycles. The van der Waals surface area contributed by atoms with E-state index in [4.69, 9.17) is 0 Å². The molecule has 0 heterocycles. The van der Waals surface area contributed by atoms with Crippen molar-refractivity contribution in [2.75, 3.05) is 12.5 Å². The van der Waals surface area contributed by atoms with Crippen molar-refractivity contribution in [3.63, 3.8) is 0 Å². The van der Waals surface area contributed by atoms with Gasteiger partial charge in [-0.2, -0.15) is 0 Å². The largest absolute Gasteiger partial charge is 0.128 e. The van der Waals surface area contributed by atoms with Crippen LogP contribution in [0.4, 0.5) is 0 Å². The Bertz CT molecular complexity index is 1130. The molecule has 4 aromatic carbocycles. The van der Waals surface area contributed by atoms with Gasteiger partial charge < -0.3 is 0 Å². The monoisotopic (exact) mass is 514 g/mol. The third-order valence-electron chi connectivity index (χ3n) is 5.17. The summed E-state index contributed by atoms with van der Waals surface area (Å²) in [6, 6.07) is 42.9. The summed E-state index contributed by atoms with van der Waals surface area (Å²) in [5, 5.41) is 0. The highest BCUT2D eigenvalue weighted by molar-refractivity contribution is 8.83. The second kappa shape index (κ2) is 13.0. The minimum atomic E-state index is 1.24. The second-order valence-electron chi connectivity index (χ2n) is 7.36. The first-order valence-corrected chi connectivity index (χ1v) is 15.5. The molecule has 0 saturated heterocycles. The lowest BCUT2D eigenvalue weighted by Gasteiger charge is -2.17. The predicted octanol–water partition coefficient (Wildman–Crippen LogP) is 10.1. The third-order valence-corrected chi connectivity index (χ3v) is 9.67. The van der Waals surface area contributed by atoms with Crippen molar-refractivity contribution in [1.82, 2.24) is 0 Å². The topological polar surface area (TPSA) is 0 Å². The van der Waals surface area contributed by atoms with Crippen LogP contribution in [0.1, 0.15) is 22.3 Å². The number of thioether (sulfide) groups is 2. The van der Waals surface area contributed by atoms with Crippen molar-refractivity contribution in [1.29, 1.82) is 0 Å². The summed E-state index contributed by atoms with van der Waals surface area (Å²) in [4.78, 5) is 5.15. The third kappa shape index (κ3) is 6.25. The highest BCUT2D eigenvalue weighted by Crippen LogP contribution is 2.53. The molecular formula is C30H26S4. The summed E-state index contributed by atoms with van der Waals surface area (Å²) in [6.07, 6.45) is 4.34. The zero-order valence-electron chi connectivity index (χ0n) is 19.2. The quantitative estimate of drug-likeness (QED) is 0.161. The van der Waals surface area contributed by atoms with Gasteiger partial charge in [-0.25, -0.2) is 0 Å². The highest BCUT2D eigenvalue weighted by atomic mass is 33.1. The fourth-order valence-electron chi connectivity index (χ4n) is 3.56. The van der Waals surface area contributed by atoms with Crippen LogP contribution in [0.2, 0.25) is 0 Å². The van der Waals surface area contributed by atoms with Gasteiger partial charge in [0.05, 0.1) is 0 Å². The van der Waals surface area contributed by atoms with Crippen molar-refractivity contribution in [2.45, 2.75) is 0 Å². The van der Waals surface area contributed by atoms with Crippen LogP contribution in [0, 0.1) is 0 Å². The fraction of sp³-hybridized carbons (Fsp3) is 0.0667. The van der Waals surface area contributed by atoms with Crippen molar-refractivity contribution < 1.29 is 0 Å². The predicted molar refractivity (Wildman–Crippen MR) is 162 cm³/mol. The lowest BCUT2D eigenvalue weighted by Crippen LogP contribution is -1.88. The Morgan fingerprint density at radius 2 is 0.588 bits per heavy atom. The minimum Gasteiger partial charge on any atom is -0.128 e. The average molecular weight is 515 g/mol. The normalized spacial score (nSPS) is 12.6. The van der Waals surface area contributed by atoms with Gasteiger partial charge in [-0.1, -0.05) is 143 Å². The number of hydrogen-bond donors (Lipinski definition) is 0. The summed E-state index contributed by atoms with van der Waals surface area (Å²) in [5.74, 6) is 0. The Hall–Kier alpha value is -2.24. The molecule has 0 bridgehead atoms. The molecule has 170 valence electrons. The van der Waals surface area contributed by atoms with E-state index in [2.05, 4.69) is 134 Å². The number of hydrogen-bond acceptors (Lipinski definition) is 4. The molecule has 0 unspecified atom stereocenters. The molecule has 0 saturated carbocycles. The molecule has 4 heteroatoms. The molecule has 0 aliphatic heterocycles. The van der Waals surface area contributed by atoms with Crippen molar-refractivity contribution in [3.8, 4) is 0 Å². The Morgan fingerprint density at radius 1 is 0.353 bits per heavy atom. The molecule has 4 aromatic rings. The first-order valence-electron chi connectivity index (χ1n) is 10.9. The van der Waals surface area contributed by atoms with Crippen molar-refractivity contribution in [3.05, 3.63) is 144 Å². The molecule has 0 atom stereocenters. The maximum atomic E-state index is 2.21. The van der Waals surface area contributed by atoms with E-state index in [1.807, 2.05) is 45.1 Å². The first kappa shape index (κ1) is 24.9. The van der Waals surface area contributed by atoms with E-state index in [-0.39, 0.29) is 0 Å². The summed E-state index contributed by atoms with van der Waals surface area (Å²) in [6.45, 7) is 0. The van der Waals surface area contributed by atoms with Gasteiger partial charge in [0.25, 0.3) is 0 Å². The molecule has 0 aliphatic rings. The first-order chi connectivity index (χ1) is 16.8. The van der Waals surface area contributed by atoms with Gasteiger partial charge >= 0.3 is 0 Å². The average Bonchev–Trinajstić information content (AvgIpc) is 2.92. The van der Waals surface area contributed by atoms with Gasteiger partial charge in [-0.05, 0) is 34.8 Å². The molecule has 0 radical (unpaired) electrons. The Kier molecular flexibility index (Phi) is 9.52. The number of benzene rings is 4. The van der Waals surface area contributed by atoms with E-state index in [1.54, 1.807) is 0 Å². The lowest BCUT2D eigenvalue weighted by molar-refractivity contribution is 1.63. The van der Waals surface area contributed by atoms with Crippen molar-refractivity contribution in [2.24, 2.45) is 0 Å². The summed E-state index contributed by atoms with van der Waals surface area (Å²) >= 11 is 3.62. The maximum absolute atomic E-state index is 2.21. The van der Waals surface area contributed by atoms with E-state index in [0.717, 1.165) is 0 Å². The zero-order valence-corrected chi connectivity index (χ0v) is 22.4. The summed E-state index contributed by atoms with van der Waals surface area (Å²) < 4.78 is 0. The molecule has 0 spiro atoms. The van der Waals surface area contributed by atoms with Crippen LogP contribution in [0.5, 0.6) is 0 Å². The van der Waals surface area contributed by atoms with Gasteiger partial charge in [0.2, 0.25) is 0 Å². The van der Waals surface area contributed by atoms with Crippen LogP contribution < -0.4 is 0 Å². The maximum Gasteiger partial charge on any atom is 0.0400 e. The molecule has 0 nitrogen and oxygen atoms in total. The fourth-order valence-corrected chi connectivity index (χ4v) is 8.57. The Balaban J connectivity index is 1.82. The number of rotatable bonds is 9. The standard InChI is InChI=1S/C30H26S4/c1-31-27(23-15-7-3-8-16-23)29(25-19-11-5-12-20-25)33-34-30(26-21-13-6-14-22-26)28(32-2)24-17-9-4-10-18-24/h3-22H,1-2H3. The minimum absolute atomic E-state index is 1.24. The van der Waals surface area contributed by atoms with Gasteiger partial charge in [0, 0.05) is 19.6 Å². The molecule has 34 heavy (non-hydrogen) atoms. The van der Waals surface area contributed by atoms with Gasteiger partial charge in [0.1, 0.15) is 0 Å². The highest BCUT2D eigenvalue weighted by Gasteiger charge is 2.17. The smallest absolute Gasteiger partial charge is 0.0400 e. The second-order valence-corrected chi connectivity index (χ2v) is 11.1. The summed E-state index contributed by atoms with van der Waals surface area (Å²) in [5.41, 5.74) is 4.98. The van der Waals surface area contributed by atoms with E-state index in [9.17, 15) is 0 Å². The van der Waals surface area contributed by atoms with Crippen LogP contribution in [0.25, 0.3) is 19.6 Å². The Morgan fingerprint density at radius 3 is 0.824 bits per heavy atom. The van der Waals surface area contributed by atoms with Gasteiger partial charge in [-0.15, -0.1) is 23.5 Å². The van der Waals surface area contributed by atoms with Crippen molar-refractivity contribution >= 4 is 64.7 Å². The molecule has 0 N–H and O–H groups in total. The summed E-state index contributed by atoms with van der Waals surface area (Å²) in [7, 11) is 3.70. The zero-order chi connectivity index (χ0) is 23.6. The molecular weight excluding hydrogens is 489 g/mol. The Labute approximate surface area is 219 Å². The van der Waals surface area contributed by atoms with Crippen LogP contribution in [-0.4, -0.2) is 12.5 Å². The van der Waals surface area contributed by atoms with E-state index in [1.165, 1.54) is 41.9 Å². The van der Waals surface area contributed by atoms with Crippen LogP contribution in [0.15, 0.2) is 121 Å². The van der Waals surface area contributed by atoms with E-state index < -0.39 is 0 Å². The van der Waals surface area contributed by atoms with Crippen LogP contribution in [0.3, 0.4) is 0 Å². The van der Waals surface area contributed by atoms with Crippen LogP contribution >= 0.6 is 45.1 Å². The lowest BCUT2D eigenvalue weighted by atomic mass is 10.1. The molecule has 0 aliphatic carbocycles. The van der Waals surface area contributed by atoms with E-state index in [0.29, 0.717) is 0 Å². The van der Waals surface area contributed by atoms with Crippen LogP contribution in [-0.2, 0) is 0 Å². The van der Waals surface area contributed by atoms with Gasteiger partial charge in [0.15, 0.2) is 0 Å². The van der Waals surface area contributed by atoms with E-state index >= 15 is 0 Å². The molecule has 0 amide bonds. The van der Waals surface area contributed by atoms with Gasteiger partial charge in [-0.3, -0.25) is 0 Å². The molecule has 4 rings (SSSR count).